The third-order valence-electron chi connectivity index (χ3n) is 14.1. The molecule has 19 heteroatoms. The van der Waals surface area contributed by atoms with Crippen molar-refractivity contribution >= 4 is 42.1 Å². The number of amides is 5. The van der Waals surface area contributed by atoms with Gasteiger partial charge in [0, 0.05) is 123 Å². The maximum atomic E-state index is 14.2. The van der Waals surface area contributed by atoms with Gasteiger partial charge in [0.15, 0.2) is 23.0 Å². The number of piperidine rings is 2. The first-order chi connectivity index (χ1) is 38.7. The average Bonchev–Trinajstić information content (AvgIpc) is 3.32. The smallest absolute Gasteiger partial charge is 0.410 e. The SMILES string of the molecule is COCCCOc1cc(C(=O)N(C(C)C)C2CNC[C@@H](C(=O)N(C)Cc3ccccc3)C2)ccc1OC.COCCCOc1cc(C(=O)N(C(C)C)C2C[C@H](C(=O)N(C)Cc3ccccc3)CN(C(=O)OC(C)(C)C)C2)ccc1OC.Cl. The summed E-state index contributed by atoms with van der Waals surface area (Å²) >= 11 is 0. The number of nitrogens with one attached hydrogen (secondary N) is 1. The lowest BCUT2D eigenvalue weighted by molar-refractivity contribution is -0.137. The minimum absolute atomic E-state index is 0. The second-order valence-corrected chi connectivity index (χ2v) is 22.3. The molecule has 0 saturated carbocycles. The van der Waals surface area contributed by atoms with Crippen LogP contribution in [0.2, 0.25) is 0 Å². The quantitative estimate of drug-likeness (QED) is 0.0658. The van der Waals surface area contributed by atoms with Crippen LogP contribution in [0, 0.1) is 11.8 Å². The van der Waals surface area contributed by atoms with Gasteiger partial charge in [-0.1, -0.05) is 60.7 Å². The van der Waals surface area contributed by atoms with Crippen LogP contribution in [0.1, 0.15) is 106 Å². The molecule has 1 N–H and O–H groups in total. The van der Waals surface area contributed by atoms with Gasteiger partial charge in [-0.05, 0) is 109 Å². The first kappa shape index (κ1) is 67.9. The molecule has 5 amide bonds. The summed E-state index contributed by atoms with van der Waals surface area (Å²) in [4.78, 5) is 77.0. The summed E-state index contributed by atoms with van der Waals surface area (Å²) in [5.74, 6) is 1.09. The van der Waals surface area contributed by atoms with Crippen LogP contribution in [0.15, 0.2) is 97.1 Å². The highest BCUT2D eigenvalue weighted by Gasteiger charge is 2.42. The molecule has 4 aromatic rings. The number of methoxy groups -OCH3 is 4. The Labute approximate surface area is 493 Å². The topological polar surface area (TPSA) is 178 Å². The molecule has 452 valence electrons. The van der Waals surface area contributed by atoms with Gasteiger partial charge in [0.1, 0.15) is 5.60 Å². The Bertz CT molecular complexity index is 2620. The number of carbonyl (C=O) groups is 5. The van der Waals surface area contributed by atoms with E-state index in [-0.39, 0.29) is 73.2 Å². The number of hydrogen-bond acceptors (Lipinski definition) is 13. The van der Waals surface area contributed by atoms with Crippen molar-refractivity contribution in [2.75, 3.05) is 95.1 Å². The molecule has 4 atom stereocenters. The van der Waals surface area contributed by atoms with Crippen molar-refractivity contribution in [3.8, 4) is 23.0 Å². The third-order valence-corrected chi connectivity index (χ3v) is 14.1. The number of ether oxygens (including phenoxy) is 7. The summed E-state index contributed by atoms with van der Waals surface area (Å²) in [5.41, 5.74) is 2.37. The van der Waals surface area contributed by atoms with Crippen LogP contribution < -0.4 is 24.3 Å². The molecule has 0 aliphatic carbocycles. The highest BCUT2D eigenvalue weighted by molar-refractivity contribution is 5.96. The molecule has 2 heterocycles. The van der Waals surface area contributed by atoms with Gasteiger partial charge in [-0.2, -0.15) is 0 Å². The maximum absolute atomic E-state index is 14.2. The van der Waals surface area contributed by atoms with Gasteiger partial charge in [0.05, 0.1) is 45.3 Å². The van der Waals surface area contributed by atoms with E-state index in [9.17, 15) is 24.0 Å². The Balaban J connectivity index is 0.000000353. The zero-order chi connectivity index (χ0) is 59.2. The van der Waals surface area contributed by atoms with E-state index in [0.29, 0.717) is 106 Å². The molecule has 6 rings (SSSR count). The lowest BCUT2D eigenvalue weighted by Crippen LogP contribution is -2.58. The summed E-state index contributed by atoms with van der Waals surface area (Å²) < 4.78 is 38.6. The van der Waals surface area contributed by atoms with Crippen molar-refractivity contribution in [1.29, 1.82) is 0 Å². The van der Waals surface area contributed by atoms with Gasteiger partial charge >= 0.3 is 6.09 Å². The first-order valence-corrected chi connectivity index (χ1v) is 28.2. The summed E-state index contributed by atoms with van der Waals surface area (Å²) in [6.45, 7) is 18.1. The van der Waals surface area contributed by atoms with E-state index in [1.54, 1.807) is 91.5 Å². The van der Waals surface area contributed by atoms with E-state index in [2.05, 4.69) is 5.32 Å². The van der Waals surface area contributed by atoms with Gasteiger partial charge < -0.3 is 63.0 Å². The molecule has 4 aromatic carbocycles. The van der Waals surface area contributed by atoms with Crippen LogP contribution in [-0.4, -0.2) is 179 Å². The van der Waals surface area contributed by atoms with Crippen LogP contribution in [-0.2, 0) is 36.9 Å². The lowest BCUT2D eigenvalue weighted by atomic mass is 9.90. The van der Waals surface area contributed by atoms with Crippen LogP contribution in [0.3, 0.4) is 0 Å². The molecule has 2 saturated heterocycles. The number of carbonyl (C=O) groups excluding carboxylic acids is 5. The largest absolute Gasteiger partial charge is 0.493 e. The molecule has 2 aliphatic rings. The van der Waals surface area contributed by atoms with E-state index in [1.807, 2.05) is 121 Å². The Morgan fingerprint density at radius 2 is 1.01 bits per heavy atom. The first-order valence-electron chi connectivity index (χ1n) is 28.2. The zero-order valence-electron chi connectivity index (χ0n) is 50.6. The van der Waals surface area contributed by atoms with E-state index in [0.717, 1.165) is 17.5 Å². The fraction of sp³-hybridized carbons (Fsp3) is 0.540. The van der Waals surface area contributed by atoms with Crippen molar-refractivity contribution < 1.29 is 57.1 Å². The van der Waals surface area contributed by atoms with Crippen molar-refractivity contribution in [1.82, 2.24) is 29.8 Å². The van der Waals surface area contributed by atoms with E-state index >= 15 is 0 Å². The number of rotatable bonds is 24. The molecule has 0 bridgehead atoms. The van der Waals surface area contributed by atoms with Gasteiger partial charge in [0.2, 0.25) is 11.8 Å². The fourth-order valence-corrected chi connectivity index (χ4v) is 10.3. The number of halogens is 1. The summed E-state index contributed by atoms with van der Waals surface area (Å²) in [5, 5.41) is 3.40. The highest BCUT2D eigenvalue weighted by atomic mass is 35.5. The fourth-order valence-electron chi connectivity index (χ4n) is 10.3. The molecular weight excluding hydrogens is 1070 g/mol. The maximum Gasteiger partial charge on any atom is 0.410 e. The van der Waals surface area contributed by atoms with Crippen LogP contribution in [0.25, 0.3) is 0 Å². The summed E-state index contributed by atoms with van der Waals surface area (Å²) in [6.07, 6.45) is 1.95. The second-order valence-electron chi connectivity index (χ2n) is 22.3. The molecular formula is C63H91ClN6O12. The standard InChI is InChI=1S/C34H49N3O7.C29H41N3O5.ClH/c1-24(2)37(32(39)26-15-16-29(42-8)30(20-26)43-18-12-17-41-7)28-19-27(22-36(23-28)33(40)44-34(3,4)5)31(38)35(6)21-25-13-10-9-11-14-25;1-21(2)32(29(34)23-12-13-26(36-5)27(17-23)37-15-9-14-35-4)25-16-24(18-30-19-25)28(33)31(3)20-22-10-7-6-8-11-22;/h9-11,13-16,20,24,27-28H,12,17-19,21-23H2,1-8H3;6-8,10-13,17,21,24-25,30H,9,14-16,18-20H2,1-5H3;1H/t27-,28?;24-,25?;/m00./s1. The molecule has 2 aliphatic heterocycles. The Morgan fingerprint density at radius 3 is 1.44 bits per heavy atom. The van der Waals surface area contributed by atoms with Gasteiger partial charge in [0.25, 0.3) is 11.8 Å². The molecule has 2 fully saturated rings. The van der Waals surface area contributed by atoms with Crippen LogP contribution in [0.4, 0.5) is 4.79 Å². The number of likely N-dealkylation sites (tertiary alicyclic amines) is 1. The summed E-state index contributed by atoms with van der Waals surface area (Å²) in [7, 11) is 10.0. The predicted molar refractivity (Wildman–Crippen MR) is 320 cm³/mol. The minimum Gasteiger partial charge on any atom is -0.493 e. The normalized spacial score (nSPS) is 16.8. The predicted octanol–water partition coefficient (Wildman–Crippen LogP) is 9.26. The van der Waals surface area contributed by atoms with Crippen LogP contribution >= 0.6 is 12.4 Å². The average molecular weight is 1160 g/mol. The Kier molecular flexibility index (Phi) is 27.7. The van der Waals surface area contributed by atoms with Crippen molar-refractivity contribution in [3.05, 3.63) is 119 Å². The van der Waals surface area contributed by atoms with Gasteiger partial charge in [-0.25, -0.2) is 4.79 Å². The van der Waals surface area contributed by atoms with Crippen molar-refractivity contribution in [2.45, 2.75) is 117 Å². The van der Waals surface area contributed by atoms with Crippen molar-refractivity contribution in [3.63, 3.8) is 0 Å². The van der Waals surface area contributed by atoms with E-state index in [1.165, 1.54) is 0 Å². The molecule has 82 heavy (non-hydrogen) atoms. The number of hydrogen-bond donors (Lipinski definition) is 1. The van der Waals surface area contributed by atoms with E-state index in [4.69, 9.17) is 33.2 Å². The molecule has 2 unspecified atom stereocenters. The van der Waals surface area contributed by atoms with Gasteiger partial charge in [-0.3, -0.25) is 19.2 Å². The minimum atomic E-state index is -0.704. The number of benzene rings is 4. The van der Waals surface area contributed by atoms with Gasteiger partial charge in [-0.15, -0.1) is 12.4 Å². The molecule has 0 spiro atoms. The van der Waals surface area contributed by atoms with Crippen molar-refractivity contribution in [2.24, 2.45) is 11.8 Å². The Morgan fingerprint density at radius 1 is 0.573 bits per heavy atom. The van der Waals surface area contributed by atoms with E-state index < -0.39 is 23.7 Å². The molecule has 0 radical (unpaired) electrons. The molecule has 18 nitrogen and oxygen atoms in total. The molecule has 0 aromatic heterocycles. The zero-order valence-corrected chi connectivity index (χ0v) is 51.5. The third kappa shape index (κ3) is 20.1. The lowest BCUT2D eigenvalue weighted by Gasteiger charge is -2.44. The second kappa shape index (κ2) is 33.5. The highest BCUT2D eigenvalue weighted by Crippen LogP contribution is 2.33. The monoisotopic (exact) mass is 1160 g/mol. The Hall–Kier alpha value is -6.60. The number of nitrogens with zero attached hydrogens (tertiary/aromatic N) is 5. The summed E-state index contributed by atoms with van der Waals surface area (Å²) in [6, 6.07) is 29.4. The van der Waals surface area contributed by atoms with Crippen LogP contribution in [0.5, 0.6) is 23.0 Å².